The predicted molar refractivity (Wildman–Crippen MR) is 128 cm³/mol. The minimum atomic E-state index is -0.355. The highest BCUT2D eigenvalue weighted by molar-refractivity contribution is 6.07. The van der Waals surface area contributed by atoms with Gasteiger partial charge in [-0.1, -0.05) is 42.0 Å². The van der Waals surface area contributed by atoms with Gasteiger partial charge < -0.3 is 14.5 Å². The molecule has 0 aliphatic rings. The summed E-state index contributed by atoms with van der Waals surface area (Å²) in [5.41, 5.74) is 9.31. The van der Waals surface area contributed by atoms with Crippen molar-refractivity contribution in [3.8, 4) is 22.8 Å². The van der Waals surface area contributed by atoms with Crippen LogP contribution in [0.1, 0.15) is 27.0 Å². The Bertz CT molecular complexity index is 1280. The summed E-state index contributed by atoms with van der Waals surface area (Å²) in [7, 11) is 3.08. The maximum Gasteiger partial charge on any atom is 0.271 e. The minimum Gasteiger partial charge on any atom is -0.497 e. The zero-order chi connectivity index (χ0) is 22.7. The van der Waals surface area contributed by atoms with Crippen molar-refractivity contribution in [1.29, 1.82) is 0 Å². The van der Waals surface area contributed by atoms with Crippen LogP contribution in [-0.2, 0) is 0 Å². The van der Waals surface area contributed by atoms with Crippen molar-refractivity contribution >= 4 is 23.0 Å². The molecular formula is C26H25N3O3. The topological polar surface area (TPSA) is 75.7 Å². The van der Waals surface area contributed by atoms with Crippen LogP contribution in [0.3, 0.4) is 0 Å². The standard InChI is InChI=1S/C26H25N3O3/c1-16-10-17(2)24-22(11-16)23(25(28-24)18-8-6-5-7-9-18)15-27-29-26(30)19-12-20(31-3)14-21(13-19)32-4/h5-15,28H,1-4H3,(H,29,30)/b27-15-. The molecule has 4 rings (SSSR count). The van der Waals surface area contributed by atoms with Crippen LogP contribution in [0.15, 0.2) is 65.8 Å². The van der Waals surface area contributed by atoms with Gasteiger partial charge >= 0.3 is 0 Å². The quantitative estimate of drug-likeness (QED) is 0.327. The number of hydrogen-bond acceptors (Lipinski definition) is 4. The van der Waals surface area contributed by atoms with E-state index in [0.29, 0.717) is 17.1 Å². The van der Waals surface area contributed by atoms with Crippen molar-refractivity contribution in [2.24, 2.45) is 5.10 Å². The smallest absolute Gasteiger partial charge is 0.271 e. The molecule has 1 aromatic heterocycles. The van der Waals surface area contributed by atoms with E-state index < -0.39 is 0 Å². The molecule has 0 aliphatic heterocycles. The van der Waals surface area contributed by atoms with Gasteiger partial charge in [0.2, 0.25) is 0 Å². The van der Waals surface area contributed by atoms with Crippen LogP contribution in [0.2, 0.25) is 0 Å². The fraction of sp³-hybridized carbons (Fsp3) is 0.154. The summed E-state index contributed by atoms with van der Waals surface area (Å²) in [6.45, 7) is 4.15. The fourth-order valence-electron chi connectivity index (χ4n) is 3.80. The largest absolute Gasteiger partial charge is 0.497 e. The molecule has 32 heavy (non-hydrogen) atoms. The van der Waals surface area contributed by atoms with Gasteiger partial charge in [-0.15, -0.1) is 0 Å². The van der Waals surface area contributed by atoms with E-state index in [-0.39, 0.29) is 5.91 Å². The lowest BCUT2D eigenvalue weighted by Crippen LogP contribution is -2.17. The first kappa shape index (κ1) is 21.2. The van der Waals surface area contributed by atoms with Crippen LogP contribution in [-0.4, -0.2) is 31.3 Å². The third kappa shape index (κ3) is 4.21. The first-order valence-electron chi connectivity index (χ1n) is 10.2. The number of amides is 1. The second-order valence-electron chi connectivity index (χ2n) is 7.58. The normalized spacial score (nSPS) is 11.1. The molecule has 1 heterocycles. The third-order valence-corrected chi connectivity index (χ3v) is 5.33. The van der Waals surface area contributed by atoms with Crippen molar-refractivity contribution in [1.82, 2.24) is 10.4 Å². The van der Waals surface area contributed by atoms with Gasteiger partial charge in [0.1, 0.15) is 11.5 Å². The molecule has 0 spiro atoms. The summed E-state index contributed by atoms with van der Waals surface area (Å²) in [6.07, 6.45) is 1.69. The van der Waals surface area contributed by atoms with E-state index in [9.17, 15) is 4.79 Å². The summed E-state index contributed by atoms with van der Waals surface area (Å²) in [6, 6.07) is 19.3. The highest BCUT2D eigenvalue weighted by Gasteiger charge is 2.14. The molecule has 1 amide bonds. The first-order valence-corrected chi connectivity index (χ1v) is 10.2. The van der Waals surface area contributed by atoms with Crippen LogP contribution in [0.5, 0.6) is 11.5 Å². The number of benzene rings is 3. The average Bonchev–Trinajstić information content (AvgIpc) is 3.17. The van der Waals surface area contributed by atoms with Gasteiger partial charge in [0, 0.05) is 28.1 Å². The summed E-state index contributed by atoms with van der Waals surface area (Å²) >= 11 is 0. The number of aryl methyl sites for hydroxylation is 2. The van der Waals surface area contributed by atoms with E-state index in [4.69, 9.17) is 9.47 Å². The van der Waals surface area contributed by atoms with Gasteiger partial charge in [-0.25, -0.2) is 5.43 Å². The van der Waals surface area contributed by atoms with Crippen molar-refractivity contribution in [2.45, 2.75) is 13.8 Å². The highest BCUT2D eigenvalue weighted by atomic mass is 16.5. The lowest BCUT2D eigenvalue weighted by atomic mass is 10.0. The van der Waals surface area contributed by atoms with E-state index >= 15 is 0 Å². The maximum absolute atomic E-state index is 12.7. The molecule has 162 valence electrons. The number of hydrazone groups is 1. The number of ether oxygens (including phenoxy) is 2. The van der Waals surface area contributed by atoms with E-state index in [2.05, 4.69) is 41.5 Å². The summed E-state index contributed by atoms with van der Waals surface area (Å²) in [5, 5.41) is 5.33. The number of methoxy groups -OCH3 is 2. The molecule has 0 bridgehead atoms. The zero-order valence-corrected chi connectivity index (χ0v) is 18.5. The number of rotatable bonds is 6. The lowest BCUT2D eigenvalue weighted by molar-refractivity contribution is 0.0954. The Hall–Kier alpha value is -4.06. The van der Waals surface area contributed by atoms with Gasteiger partial charge in [-0.05, 0) is 43.2 Å². The zero-order valence-electron chi connectivity index (χ0n) is 18.5. The number of carbonyl (C=O) groups is 1. The van der Waals surface area contributed by atoms with Crippen LogP contribution in [0, 0.1) is 13.8 Å². The summed E-state index contributed by atoms with van der Waals surface area (Å²) in [5.74, 6) is 0.715. The highest BCUT2D eigenvalue weighted by Crippen LogP contribution is 2.31. The molecule has 0 saturated heterocycles. The lowest BCUT2D eigenvalue weighted by Gasteiger charge is -2.07. The molecule has 4 aromatic rings. The average molecular weight is 428 g/mol. The number of H-pyrrole nitrogens is 1. The number of nitrogens with zero attached hydrogens (tertiary/aromatic N) is 1. The molecule has 0 unspecified atom stereocenters. The molecule has 0 saturated carbocycles. The molecule has 2 N–H and O–H groups in total. The van der Waals surface area contributed by atoms with Crippen molar-refractivity contribution in [2.75, 3.05) is 14.2 Å². The molecule has 0 fully saturated rings. The van der Waals surface area contributed by atoms with Crippen molar-refractivity contribution in [3.05, 3.63) is 82.9 Å². The van der Waals surface area contributed by atoms with Crippen molar-refractivity contribution < 1.29 is 14.3 Å². The molecule has 6 nitrogen and oxygen atoms in total. The molecule has 6 heteroatoms. The van der Waals surface area contributed by atoms with Crippen molar-refractivity contribution in [3.63, 3.8) is 0 Å². The second kappa shape index (κ2) is 8.98. The van der Waals surface area contributed by atoms with Gasteiger partial charge in [0.05, 0.1) is 26.1 Å². The monoisotopic (exact) mass is 427 g/mol. The number of aromatic amines is 1. The SMILES string of the molecule is COc1cc(OC)cc(C(=O)N/N=C\c2c(-c3ccccc3)[nH]c3c(C)cc(C)cc23)c1. The van der Waals surface area contributed by atoms with E-state index in [1.165, 1.54) is 0 Å². The van der Waals surface area contributed by atoms with Gasteiger partial charge in [-0.3, -0.25) is 4.79 Å². The minimum absolute atomic E-state index is 0.355. The Morgan fingerprint density at radius 3 is 2.31 bits per heavy atom. The van der Waals surface area contributed by atoms with Crippen LogP contribution in [0.4, 0.5) is 0 Å². The van der Waals surface area contributed by atoms with Crippen LogP contribution < -0.4 is 14.9 Å². The molecule has 0 atom stereocenters. The van der Waals surface area contributed by atoms with Crippen LogP contribution >= 0.6 is 0 Å². The van der Waals surface area contributed by atoms with Gasteiger partial charge in [0.25, 0.3) is 5.91 Å². The fourth-order valence-corrected chi connectivity index (χ4v) is 3.80. The van der Waals surface area contributed by atoms with Gasteiger partial charge in [-0.2, -0.15) is 5.10 Å². The number of hydrogen-bond donors (Lipinski definition) is 2. The molecular weight excluding hydrogens is 402 g/mol. The van der Waals surface area contributed by atoms with Crippen LogP contribution in [0.25, 0.3) is 22.2 Å². The Balaban J connectivity index is 1.70. The molecule has 0 aliphatic carbocycles. The molecule has 0 radical (unpaired) electrons. The number of aromatic nitrogens is 1. The first-order chi connectivity index (χ1) is 15.5. The van der Waals surface area contributed by atoms with E-state index in [1.807, 2.05) is 30.3 Å². The number of nitrogens with one attached hydrogen (secondary N) is 2. The molecule has 3 aromatic carbocycles. The third-order valence-electron chi connectivity index (χ3n) is 5.33. The Morgan fingerprint density at radius 1 is 0.969 bits per heavy atom. The number of fused-ring (bicyclic) bond motifs is 1. The Labute approximate surface area is 186 Å². The summed E-state index contributed by atoms with van der Waals surface area (Å²) < 4.78 is 10.5. The summed E-state index contributed by atoms with van der Waals surface area (Å²) in [4.78, 5) is 16.2. The Morgan fingerprint density at radius 2 is 1.66 bits per heavy atom. The van der Waals surface area contributed by atoms with Gasteiger partial charge in [0.15, 0.2) is 0 Å². The van der Waals surface area contributed by atoms with E-state index in [0.717, 1.165) is 38.9 Å². The maximum atomic E-state index is 12.7. The Kier molecular flexibility index (Phi) is 5.94. The number of carbonyl (C=O) groups excluding carboxylic acids is 1. The second-order valence-corrected chi connectivity index (χ2v) is 7.58. The predicted octanol–water partition coefficient (Wildman–Crippen LogP) is 5.23. The van der Waals surface area contributed by atoms with E-state index in [1.54, 1.807) is 38.6 Å².